The van der Waals surface area contributed by atoms with Crippen LogP contribution in [0.3, 0.4) is 0 Å². The van der Waals surface area contributed by atoms with Crippen molar-refractivity contribution in [2.24, 2.45) is 0 Å². The molecule has 0 saturated carbocycles. The van der Waals surface area contributed by atoms with Crippen molar-refractivity contribution in [1.82, 2.24) is 0 Å². The van der Waals surface area contributed by atoms with Crippen LogP contribution >= 0.6 is 0 Å². The summed E-state index contributed by atoms with van der Waals surface area (Å²) in [6.45, 7) is 0. The standard InChI is InChI=1S/Co.Cu.Li.O.Sn.Ti.3H. The van der Waals surface area contributed by atoms with Gasteiger partial charge in [-0.2, -0.15) is 0 Å². The molecule has 0 aliphatic heterocycles. The maximum atomic E-state index is 8.25. The molecule has 1 nitrogen and oxygen atoms in total. The van der Waals surface area contributed by atoms with Crippen molar-refractivity contribution >= 4 is 42.8 Å². The SMILES string of the molecule is [Co].[Cu].[LiH].[O]=[Ti].[SnH2]. The fourth-order valence-electron chi connectivity index (χ4n) is 0. The van der Waals surface area contributed by atoms with E-state index < -0.39 is 0 Å². The van der Waals surface area contributed by atoms with E-state index in [0.29, 0.717) is 0 Å². The van der Waals surface area contributed by atoms with E-state index >= 15 is 0 Å². The molecule has 0 aromatic carbocycles. The fraction of sp³-hybridized carbons (Fsp3) is 0. The van der Waals surface area contributed by atoms with Crippen molar-refractivity contribution in [2.75, 3.05) is 0 Å². The third-order valence-corrected chi connectivity index (χ3v) is 0. The molecule has 0 N–H and O–H groups in total. The van der Waals surface area contributed by atoms with E-state index in [-0.39, 0.29) is 76.6 Å². The normalized spacial score (nSPS) is 0.500. The van der Waals surface area contributed by atoms with Gasteiger partial charge < -0.3 is 0 Å². The third-order valence-electron chi connectivity index (χ3n) is 0. The number of rotatable bonds is 0. The van der Waals surface area contributed by atoms with Crippen molar-refractivity contribution < 1.29 is 57.6 Å². The van der Waals surface area contributed by atoms with Crippen LogP contribution < -0.4 is 0 Å². The molecule has 0 unspecified atom stereocenters. The second kappa shape index (κ2) is 44.3. The molecule has 0 aliphatic rings. The van der Waals surface area contributed by atoms with E-state index in [1.165, 1.54) is 0 Å². The molecule has 0 fully saturated rings. The van der Waals surface area contributed by atoms with Crippen molar-refractivity contribution in [3.63, 3.8) is 0 Å². The molecule has 0 amide bonds. The van der Waals surface area contributed by atoms with Gasteiger partial charge in [0.2, 0.25) is 0 Å². The Morgan fingerprint density at radius 2 is 1.17 bits per heavy atom. The van der Waals surface area contributed by atoms with E-state index in [2.05, 4.69) is 0 Å². The summed E-state index contributed by atoms with van der Waals surface area (Å²) in [5.41, 5.74) is 0. The van der Waals surface area contributed by atoms with Crippen LogP contribution in [0, 0.1) is 0 Å². The maximum absolute atomic E-state index is 8.25. The summed E-state index contributed by atoms with van der Waals surface area (Å²) in [4.78, 5) is 0. The molecule has 6 heavy (non-hydrogen) atoms. The van der Waals surface area contributed by atoms with E-state index in [1.807, 2.05) is 0 Å². The molecule has 0 aliphatic carbocycles. The molecule has 0 heterocycles. The van der Waals surface area contributed by atoms with E-state index in [9.17, 15) is 0 Å². The molecule has 0 rings (SSSR count). The first-order valence-electron chi connectivity index (χ1n) is 0.204. The summed E-state index contributed by atoms with van der Waals surface area (Å²) in [6, 6.07) is 0. The van der Waals surface area contributed by atoms with E-state index in [0.717, 1.165) is 20.4 Å². The first-order valence-corrected chi connectivity index (χ1v) is 0.842. The molecule has 6 heteroatoms. The predicted octanol–water partition coefficient (Wildman–Crippen LogP) is -1.69. The van der Waals surface area contributed by atoms with Crippen LogP contribution in [0.4, 0.5) is 0 Å². The van der Waals surface area contributed by atoms with Gasteiger partial charge in [0.15, 0.2) is 0 Å². The molecule has 0 aromatic rings. The fourth-order valence-corrected chi connectivity index (χ4v) is 0. The van der Waals surface area contributed by atoms with Gasteiger partial charge in [0.25, 0.3) is 0 Å². The monoisotopic (exact) mass is 316 g/mol. The summed E-state index contributed by atoms with van der Waals surface area (Å²) in [6.07, 6.45) is 0. The molecule has 0 spiro atoms. The van der Waals surface area contributed by atoms with Gasteiger partial charge in [0, 0.05) is 33.8 Å². The molecule has 0 saturated heterocycles. The molecule has 0 bridgehead atoms. The molecule has 0 atom stereocenters. The summed E-state index contributed by atoms with van der Waals surface area (Å²) in [7, 11) is 0. The van der Waals surface area contributed by atoms with Crippen molar-refractivity contribution in [3.8, 4) is 0 Å². The minimum absolute atomic E-state index is 0. The number of hydrogen-bond donors (Lipinski definition) is 0. The first kappa shape index (κ1) is 36.3. The second-order valence-electron chi connectivity index (χ2n) is 0. The zero-order valence-corrected chi connectivity index (χ0v) is 9.83. The molecular formula is H3CoCuLiOSnTi. The van der Waals surface area contributed by atoms with Gasteiger partial charge in [-0.15, -0.1) is 0 Å². The van der Waals surface area contributed by atoms with Crippen molar-refractivity contribution in [2.45, 2.75) is 0 Å². The Morgan fingerprint density at radius 1 is 1.17 bits per heavy atom. The average Bonchev–Trinajstić information content (AvgIpc) is 1.00. The molecular weight excluding hydrogens is 312 g/mol. The van der Waals surface area contributed by atoms with Gasteiger partial charge >= 0.3 is 66.5 Å². The van der Waals surface area contributed by atoms with E-state index in [4.69, 9.17) is 3.32 Å². The van der Waals surface area contributed by atoms with Gasteiger partial charge in [-0.1, -0.05) is 0 Å². The summed E-state index contributed by atoms with van der Waals surface area (Å²) in [5.74, 6) is 0. The molecule has 38 valence electrons. The summed E-state index contributed by atoms with van der Waals surface area (Å²) < 4.78 is 8.25. The average molecular weight is 315 g/mol. The van der Waals surface area contributed by atoms with Gasteiger partial charge in [-0.25, -0.2) is 0 Å². The molecule has 0 aromatic heterocycles. The Balaban J connectivity index is -0.000000000833. The van der Waals surface area contributed by atoms with Gasteiger partial charge in [-0.05, 0) is 0 Å². The van der Waals surface area contributed by atoms with Crippen LogP contribution in [-0.2, 0) is 57.6 Å². The second-order valence-corrected chi connectivity index (χ2v) is 0. The van der Waals surface area contributed by atoms with Crippen LogP contribution in [0.25, 0.3) is 0 Å². The minimum atomic E-state index is 0. The van der Waals surface area contributed by atoms with Crippen LogP contribution in [-0.4, -0.2) is 42.8 Å². The van der Waals surface area contributed by atoms with E-state index in [1.54, 1.807) is 0 Å². The Hall–Kier alpha value is 2.94. The van der Waals surface area contributed by atoms with Gasteiger partial charge in [-0.3, -0.25) is 0 Å². The Morgan fingerprint density at radius 3 is 1.17 bits per heavy atom. The number of hydrogen-bond acceptors (Lipinski definition) is 1. The quantitative estimate of drug-likeness (QED) is 0.488. The Bertz CT molecular complexity index is 15.5. The Kier molecular flexibility index (Phi) is 268. The van der Waals surface area contributed by atoms with Crippen LogP contribution in [0.15, 0.2) is 0 Å². The van der Waals surface area contributed by atoms with Crippen molar-refractivity contribution in [1.29, 1.82) is 0 Å². The van der Waals surface area contributed by atoms with Crippen molar-refractivity contribution in [3.05, 3.63) is 0 Å². The van der Waals surface area contributed by atoms with Gasteiger partial charge in [0.1, 0.15) is 0 Å². The summed E-state index contributed by atoms with van der Waals surface area (Å²) in [5, 5.41) is 0. The zero-order chi connectivity index (χ0) is 2.00. The first-order chi connectivity index (χ1) is 1.00. The predicted molar refractivity (Wildman–Crippen MR) is 16.4 cm³/mol. The molecule has 4 radical (unpaired) electrons. The third kappa shape index (κ3) is 28.4. The topological polar surface area (TPSA) is 17.1 Å². The van der Waals surface area contributed by atoms with Gasteiger partial charge in [0.05, 0.1) is 0 Å². The van der Waals surface area contributed by atoms with Crippen LogP contribution in [0.5, 0.6) is 0 Å². The zero-order valence-electron chi connectivity index (χ0n) is 2.25. The van der Waals surface area contributed by atoms with Crippen LogP contribution in [0.2, 0.25) is 0 Å². The van der Waals surface area contributed by atoms with Crippen LogP contribution in [0.1, 0.15) is 0 Å². The summed E-state index contributed by atoms with van der Waals surface area (Å²) >= 11 is 0.750. The Labute approximate surface area is 98.7 Å².